The molecule has 1 unspecified atom stereocenters. The maximum atomic E-state index is 13.4. The van der Waals surface area contributed by atoms with Crippen molar-refractivity contribution < 1.29 is 28.5 Å². The Bertz CT molecular complexity index is 1740. The zero-order valence-corrected chi connectivity index (χ0v) is 31.8. The van der Waals surface area contributed by atoms with Crippen LogP contribution in [0, 0.1) is 9.81 Å². The molecular formula is C36H42ClIN4O6S. The predicted molar refractivity (Wildman–Crippen MR) is 200 cm³/mol. The number of benzene rings is 2. The molecule has 10 nitrogen and oxygen atoms in total. The van der Waals surface area contributed by atoms with Crippen molar-refractivity contribution in [1.29, 1.82) is 0 Å². The van der Waals surface area contributed by atoms with E-state index in [0.717, 1.165) is 82.0 Å². The van der Waals surface area contributed by atoms with E-state index in [-0.39, 0.29) is 19.3 Å². The fraction of sp³-hybridized carbons (Fsp3) is 0.472. The number of ether oxygens (including phenoxy) is 5. The Hall–Kier alpha value is -2.75. The number of esters is 1. The molecule has 0 saturated carbocycles. The summed E-state index contributed by atoms with van der Waals surface area (Å²) in [5.41, 5.74) is 3.51. The van der Waals surface area contributed by atoms with Gasteiger partial charge in [-0.15, -0.1) is 11.3 Å². The van der Waals surface area contributed by atoms with Crippen LogP contribution in [0.1, 0.15) is 37.3 Å². The second kappa shape index (κ2) is 17.0. The van der Waals surface area contributed by atoms with Crippen molar-refractivity contribution in [2.75, 3.05) is 59.6 Å². The van der Waals surface area contributed by atoms with Gasteiger partial charge in [-0.1, -0.05) is 35.9 Å². The molecule has 2 saturated heterocycles. The number of aromatic nitrogens is 2. The van der Waals surface area contributed by atoms with E-state index in [1.54, 1.807) is 6.92 Å². The average Bonchev–Trinajstić information content (AvgIpc) is 3.45. The molecule has 0 amide bonds. The summed E-state index contributed by atoms with van der Waals surface area (Å²) in [6.07, 6.45) is 3.26. The second-order valence-corrected chi connectivity index (χ2v) is 15.4. The highest BCUT2D eigenvalue weighted by Gasteiger charge is 2.29. The minimum absolute atomic E-state index is 0.217. The summed E-state index contributed by atoms with van der Waals surface area (Å²) in [5.74, 6) is 1.12. The number of hydrogen-bond donors (Lipinski definition) is 0. The lowest BCUT2D eigenvalue weighted by atomic mass is 10.0. The Morgan fingerprint density at radius 3 is 2.71 bits per heavy atom. The van der Waals surface area contributed by atoms with Crippen LogP contribution in [0.3, 0.4) is 0 Å². The molecule has 4 heterocycles. The Morgan fingerprint density at radius 1 is 1.12 bits per heavy atom. The molecule has 2 aromatic carbocycles. The summed E-state index contributed by atoms with van der Waals surface area (Å²) >= 11 is 10.8. The molecule has 2 aliphatic heterocycles. The Morgan fingerprint density at radius 2 is 1.94 bits per heavy atom. The number of rotatable bonds is 13. The zero-order chi connectivity index (χ0) is 34.3. The molecule has 0 radical (unpaired) electrons. The van der Waals surface area contributed by atoms with Crippen molar-refractivity contribution in [2.45, 2.75) is 51.9 Å². The third-order valence-corrected chi connectivity index (χ3v) is 11.4. The standard InChI is InChI=1S/C36H42ClIN4O6S/c1-4-44-36(43)28(21-24-9-5-6-10-26(24)47-29-11-7-8-19-46-29)48-34-31-30(33(38)49-35(31)40-22-39-34)25-12-13-27(32(37)23(25)2)45-20-18-42-16-14-41(3)15-17-42/h5-6,9-10,12-13,22,28-29H,4,7-8,11,14-21H2,1-3H3/t28-,29?/m1/s1. The van der Waals surface area contributed by atoms with E-state index in [1.807, 2.05) is 43.3 Å². The van der Waals surface area contributed by atoms with Crippen molar-refractivity contribution in [3.63, 3.8) is 0 Å². The van der Waals surface area contributed by atoms with Crippen molar-refractivity contribution in [3.8, 4) is 28.5 Å². The van der Waals surface area contributed by atoms with E-state index in [2.05, 4.69) is 49.4 Å². The SMILES string of the molecule is CCOC(=O)[C@@H](Cc1ccccc1OC1CCCCO1)Oc1ncnc2sc(I)c(-c3ccc(OCCN4CCN(C)CC4)c(Cl)c3C)c12. The number of halogens is 2. The summed E-state index contributed by atoms with van der Waals surface area (Å²) in [6, 6.07) is 11.6. The summed E-state index contributed by atoms with van der Waals surface area (Å²) in [4.78, 5) is 28.0. The van der Waals surface area contributed by atoms with Crippen LogP contribution in [-0.2, 0) is 20.7 Å². The van der Waals surface area contributed by atoms with Crippen LogP contribution < -0.4 is 14.2 Å². The summed E-state index contributed by atoms with van der Waals surface area (Å²) in [6.45, 7) is 10.3. The van der Waals surface area contributed by atoms with Crippen LogP contribution in [0.2, 0.25) is 5.02 Å². The third kappa shape index (κ3) is 8.77. The Labute approximate surface area is 310 Å². The van der Waals surface area contributed by atoms with Gasteiger partial charge in [-0.3, -0.25) is 4.90 Å². The normalized spacial score (nSPS) is 17.9. The summed E-state index contributed by atoms with van der Waals surface area (Å²) < 4.78 is 31.2. The lowest BCUT2D eigenvalue weighted by Crippen LogP contribution is -2.45. The fourth-order valence-electron chi connectivity index (χ4n) is 6.08. The molecule has 0 spiro atoms. The minimum Gasteiger partial charge on any atom is -0.491 e. The Balaban J connectivity index is 1.26. The maximum absolute atomic E-state index is 13.4. The highest BCUT2D eigenvalue weighted by molar-refractivity contribution is 14.1. The van der Waals surface area contributed by atoms with Gasteiger partial charge in [0.1, 0.15) is 29.3 Å². The molecule has 2 fully saturated rings. The van der Waals surface area contributed by atoms with Gasteiger partial charge in [-0.2, -0.15) is 0 Å². The monoisotopic (exact) mass is 820 g/mol. The van der Waals surface area contributed by atoms with E-state index in [1.165, 1.54) is 17.7 Å². The van der Waals surface area contributed by atoms with E-state index in [9.17, 15) is 4.79 Å². The van der Waals surface area contributed by atoms with Gasteiger partial charge in [-0.25, -0.2) is 14.8 Å². The van der Waals surface area contributed by atoms with E-state index in [0.29, 0.717) is 41.0 Å². The molecule has 2 atom stereocenters. The van der Waals surface area contributed by atoms with Crippen LogP contribution in [0.15, 0.2) is 42.7 Å². The van der Waals surface area contributed by atoms with Crippen molar-refractivity contribution in [1.82, 2.24) is 19.8 Å². The molecular weight excluding hydrogens is 779 g/mol. The molecule has 13 heteroatoms. The molecule has 2 aliphatic rings. The molecule has 2 aromatic heterocycles. The lowest BCUT2D eigenvalue weighted by Gasteiger charge is -2.32. The fourth-order valence-corrected chi connectivity index (χ4v) is 8.36. The van der Waals surface area contributed by atoms with Crippen molar-refractivity contribution in [2.24, 2.45) is 0 Å². The van der Waals surface area contributed by atoms with Gasteiger partial charge in [0.15, 0.2) is 6.29 Å². The first kappa shape index (κ1) is 36.1. The van der Waals surface area contributed by atoms with Crippen molar-refractivity contribution >= 4 is 61.7 Å². The van der Waals surface area contributed by atoms with Gasteiger partial charge >= 0.3 is 5.97 Å². The first-order valence-electron chi connectivity index (χ1n) is 16.8. The number of hydrogen-bond acceptors (Lipinski definition) is 11. The largest absolute Gasteiger partial charge is 0.491 e. The maximum Gasteiger partial charge on any atom is 0.347 e. The number of carbonyl (C=O) groups excluding carboxylic acids is 1. The number of likely N-dealkylation sites (N-methyl/N-ethyl adjacent to an activating group) is 1. The Kier molecular flexibility index (Phi) is 12.5. The molecule has 0 bridgehead atoms. The number of thiophene rings is 1. The van der Waals surface area contributed by atoms with Crippen LogP contribution in [0.25, 0.3) is 21.3 Å². The quantitative estimate of drug-likeness (QED) is 0.104. The number of carbonyl (C=O) groups is 1. The van der Waals surface area contributed by atoms with Gasteiger partial charge < -0.3 is 28.6 Å². The first-order valence-corrected chi connectivity index (χ1v) is 19.0. The topological polar surface area (TPSA) is 95.5 Å². The highest BCUT2D eigenvalue weighted by Crippen LogP contribution is 2.46. The second-order valence-electron chi connectivity index (χ2n) is 12.2. The van der Waals surface area contributed by atoms with Gasteiger partial charge in [0.25, 0.3) is 0 Å². The number of para-hydroxylation sites is 1. The number of nitrogens with zero attached hydrogens (tertiary/aromatic N) is 4. The molecule has 262 valence electrons. The van der Waals surface area contributed by atoms with Crippen LogP contribution in [-0.4, -0.2) is 97.7 Å². The third-order valence-electron chi connectivity index (χ3n) is 8.87. The smallest absolute Gasteiger partial charge is 0.347 e. The van der Waals surface area contributed by atoms with Gasteiger partial charge in [0, 0.05) is 51.1 Å². The molecule has 0 N–H and O–H groups in total. The molecule has 0 aliphatic carbocycles. The van der Waals surface area contributed by atoms with Crippen LogP contribution in [0.5, 0.6) is 17.4 Å². The van der Waals surface area contributed by atoms with Gasteiger partial charge in [0.05, 0.1) is 26.5 Å². The number of fused-ring (bicyclic) bond motifs is 1. The molecule has 4 aromatic rings. The summed E-state index contributed by atoms with van der Waals surface area (Å²) in [5, 5.41) is 1.28. The van der Waals surface area contributed by atoms with E-state index >= 15 is 0 Å². The number of piperazine rings is 1. The summed E-state index contributed by atoms with van der Waals surface area (Å²) in [7, 11) is 2.15. The van der Waals surface area contributed by atoms with Crippen LogP contribution >= 0.6 is 45.5 Å². The van der Waals surface area contributed by atoms with E-state index in [4.69, 9.17) is 35.3 Å². The predicted octanol–water partition coefficient (Wildman–Crippen LogP) is 7.01. The minimum atomic E-state index is -0.985. The molecule has 49 heavy (non-hydrogen) atoms. The zero-order valence-electron chi connectivity index (χ0n) is 28.1. The van der Waals surface area contributed by atoms with Gasteiger partial charge in [-0.05, 0) is 85.2 Å². The highest BCUT2D eigenvalue weighted by atomic mass is 127. The van der Waals surface area contributed by atoms with Crippen molar-refractivity contribution in [3.05, 3.63) is 61.8 Å². The first-order chi connectivity index (χ1) is 23.8. The molecule has 6 rings (SSSR count). The van der Waals surface area contributed by atoms with E-state index < -0.39 is 12.1 Å². The average molecular weight is 821 g/mol. The van der Waals surface area contributed by atoms with Crippen LogP contribution in [0.4, 0.5) is 0 Å². The van der Waals surface area contributed by atoms with Gasteiger partial charge in [0.2, 0.25) is 12.0 Å². The lowest BCUT2D eigenvalue weighted by molar-refractivity contribution is -0.151.